The third-order valence-electron chi connectivity index (χ3n) is 4.26. The van der Waals surface area contributed by atoms with Crippen LogP contribution in [-0.4, -0.2) is 21.8 Å². The Morgan fingerprint density at radius 1 is 1.27 bits per heavy atom. The molecule has 0 fully saturated rings. The van der Waals surface area contributed by atoms with Crippen molar-refractivity contribution in [3.05, 3.63) is 76.8 Å². The second-order valence-electron chi connectivity index (χ2n) is 5.97. The van der Waals surface area contributed by atoms with Crippen molar-refractivity contribution in [2.45, 2.75) is 12.2 Å². The Labute approximate surface area is 164 Å². The first-order valence-corrected chi connectivity index (χ1v) is 9.97. The average Bonchev–Trinajstić information content (AvgIpc) is 2.65. The second-order valence-corrected chi connectivity index (χ2v) is 7.89. The smallest absolute Gasteiger partial charge is 0.255 e. The van der Waals surface area contributed by atoms with Crippen LogP contribution in [0.2, 0.25) is 0 Å². The van der Waals surface area contributed by atoms with Crippen LogP contribution >= 0.6 is 27.7 Å². The van der Waals surface area contributed by atoms with Gasteiger partial charge in [-0.15, -0.1) is 11.7 Å². The number of nitrogens with one attached hydrogen (secondary N) is 2. The predicted octanol–water partition coefficient (Wildman–Crippen LogP) is 4.24. The number of benzene rings is 2. The molecule has 1 amide bonds. The molecule has 2 atom stereocenters. The highest BCUT2D eigenvalue weighted by molar-refractivity contribution is 9.10. The van der Waals surface area contributed by atoms with E-state index in [0.29, 0.717) is 10.9 Å². The van der Waals surface area contributed by atoms with Gasteiger partial charge >= 0.3 is 0 Å². The molecule has 0 aliphatic carbocycles. The largest absolute Gasteiger partial charge is 0.360 e. The lowest BCUT2D eigenvalue weighted by Crippen LogP contribution is -2.50. The van der Waals surface area contributed by atoms with E-state index < -0.39 is 6.04 Å². The van der Waals surface area contributed by atoms with Crippen LogP contribution in [0.4, 0.5) is 5.69 Å². The van der Waals surface area contributed by atoms with Gasteiger partial charge in [0.1, 0.15) is 6.17 Å². The topological polar surface area (TPSA) is 56.7 Å². The minimum Gasteiger partial charge on any atom is -0.360 e. The zero-order valence-corrected chi connectivity index (χ0v) is 16.3. The van der Waals surface area contributed by atoms with E-state index in [1.807, 2.05) is 53.5 Å². The van der Waals surface area contributed by atoms with E-state index in [4.69, 9.17) is 5.10 Å². The first-order chi connectivity index (χ1) is 12.7. The Hall–Kier alpha value is -2.25. The summed E-state index contributed by atoms with van der Waals surface area (Å²) in [6, 6.07) is 15.4. The highest BCUT2D eigenvalue weighted by Crippen LogP contribution is 2.42. The minimum atomic E-state index is -0.468. The Morgan fingerprint density at radius 3 is 2.92 bits per heavy atom. The number of rotatable bonds is 3. The molecular formula is C19H17BrN4OS. The maximum absolute atomic E-state index is 12.9. The van der Waals surface area contributed by atoms with Crippen molar-refractivity contribution in [3.8, 4) is 0 Å². The van der Waals surface area contributed by atoms with Crippen LogP contribution in [0, 0.1) is 0 Å². The SMILES string of the molecule is C=CCSC1=NN2[C@H](C(=O)N1)c1ccccc1N[C@H]2c1cccc(Br)c1. The molecule has 0 aromatic heterocycles. The summed E-state index contributed by atoms with van der Waals surface area (Å²) in [5.41, 5.74) is 2.91. The van der Waals surface area contributed by atoms with Gasteiger partial charge in [0.05, 0.1) is 0 Å². The number of carbonyl (C=O) groups is 1. The number of hydrogen-bond acceptors (Lipinski definition) is 5. The average molecular weight is 429 g/mol. The number of amides is 1. The molecule has 2 aromatic rings. The second kappa shape index (κ2) is 7.17. The summed E-state index contributed by atoms with van der Waals surface area (Å²) in [6.07, 6.45) is 1.55. The number of halogens is 1. The van der Waals surface area contributed by atoms with Crippen LogP contribution in [0.3, 0.4) is 0 Å². The summed E-state index contributed by atoms with van der Waals surface area (Å²) in [6.45, 7) is 3.73. The van der Waals surface area contributed by atoms with Crippen molar-refractivity contribution in [1.29, 1.82) is 0 Å². The maximum atomic E-state index is 12.9. The Bertz CT molecular complexity index is 901. The summed E-state index contributed by atoms with van der Waals surface area (Å²) in [7, 11) is 0. The monoisotopic (exact) mass is 428 g/mol. The summed E-state index contributed by atoms with van der Waals surface area (Å²) in [5.74, 6) is 0.615. The highest BCUT2D eigenvalue weighted by Gasteiger charge is 2.41. The van der Waals surface area contributed by atoms with Gasteiger partial charge in [-0.05, 0) is 23.8 Å². The maximum Gasteiger partial charge on any atom is 0.255 e. The Balaban J connectivity index is 1.81. The molecule has 2 aliphatic heterocycles. The van der Waals surface area contributed by atoms with Crippen LogP contribution in [0.25, 0.3) is 0 Å². The number of anilines is 1. The van der Waals surface area contributed by atoms with E-state index in [1.54, 1.807) is 6.08 Å². The van der Waals surface area contributed by atoms with Gasteiger partial charge in [0.25, 0.3) is 5.91 Å². The summed E-state index contributed by atoms with van der Waals surface area (Å²) in [5, 5.41) is 13.6. The van der Waals surface area contributed by atoms with E-state index in [0.717, 1.165) is 21.3 Å². The van der Waals surface area contributed by atoms with E-state index in [1.165, 1.54) is 11.8 Å². The molecule has 26 heavy (non-hydrogen) atoms. The number of hydrogen-bond donors (Lipinski definition) is 2. The molecule has 0 saturated carbocycles. The van der Waals surface area contributed by atoms with Crippen molar-refractivity contribution in [2.75, 3.05) is 11.1 Å². The molecule has 4 rings (SSSR count). The van der Waals surface area contributed by atoms with Gasteiger partial charge in [0.2, 0.25) is 0 Å². The van der Waals surface area contributed by atoms with Crippen LogP contribution in [0.1, 0.15) is 23.3 Å². The molecule has 0 saturated heterocycles. The van der Waals surface area contributed by atoms with Gasteiger partial charge in [-0.25, -0.2) is 0 Å². The van der Waals surface area contributed by atoms with Crippen molar-refractivity contribution in [2.24, 2.45) is 5.10 Å². The molecule has 0 radical (unpaired) electrons. The van der Waals surface area contributed by atoms with Gasteiger partial charge in [-0.3, -0.25) is 9.80 Å². The van der Waals surface area contributed by atoms with Crippen molar-refractivity contribution >= 4 is 44.5 Å². The molecule has 2 aliphatic rings. The lowest BCUT2D eigenvalue weighted by atomic mass is 9.97. The molecule has 2 heterocycles. The fourth-order valence-electron chi connectivity index (χ4n) is 3.17. The molecule has 2 N–H and O–H groups in total. The van der Waals surface area contributed by atoms with Crippen LogP contribution in [-0.2, 0) is 4.79 Å². The van der Waals surface area contributed by atoms with Gasteiger partial charge in [0, 0.05) is 21.5 Å². The molecule has 0 bridgehead atoms. The Morgan fingerprint density at radius 2 is 2.12 bits per heavy atom. The third kappa shape index (κ3) is 3.12. The predicted molar refractivity (Wildman–Crippen MR) is 110 cm³/mol. The third-order valence-corrected chi connectivity index (χ3v) is 5.62. The van der Waals surface area contributed by atoms with Crippen LogP contribution < -0.4 is 10.6 Å². The van der Waals surface area contributed by atoms with E-state index in [9.17, 15) is 4.79 Å². The zero-order chi connectivity index (χ0) is 18.1. The normalized spacial score (nSPS) is 21.0. The quantitative estimate of drug-likeness (QED) is 0.717. The number of thioether (sulfide) groups is 1. The van der Waals surface area contributed by atoms with Gasteiger partial charge in [-0.1, -0.05) is 64.1 Å². The number of nitrogens with zero attached hydrogens (tertiary/aromatic N) is 2. The van der Waals surface area contributed by atoms with Gasteiger partial charge < -0.3 is 10.6 Å². The number of hydrazone groups is 1. The standard InChI is InChI=1S/C19H17BrN4OS/c1-2-10-26-19-22-18(25)16-14-8-3-4-9-15(14)21-17(24(16)23-19)12-6-5-7-13(20)11-12/h2-9,11,16-17,21H,1,10H2,(H,22,23,25)/t16-,17+/m0/s1. The fourth-order valence-corrected chi connectivity index (χ4v) is 4.19. The lowest BCUT2D eigenvalue weighted by Gasteiger charge is -2.43. The van der Waals surface area contributed by atoms with Crippen molar-refractivity contribution in [1.82, 2.24) is 10.3 Å². The molecule has 132 valence electrons. The summed E-state index contributed by atoms with van der Waals surface area (Å²) in [4.78, 5) is 12.9. The Kier molecular flexibility index (Phi) is 4.74. The number of fused-ring (bicyclic) bond motifs is 3. The summed E-state index contributed by atoms with van der Waals surface area (Å²) >= 11 is 4.99. The van der Waals surface area contributed by atoms with Crippen molar-refractivity contribution < 1.29 is 4.79 Å². The molecular weight excluding hydrogens is 412 g/mol. The first kappa shape index (κ1) is 17.2. The van der Waals surface area contributed by atoms with Gasteiger partial charge in [0.15, 0.2) is 11.2 Å². The number of para-hydroxylation sites is 1. The number of amidine groups is 1. The van der Waals surface area contributed by atoms with E-state index >= 15 is 0 Å². The molecule has 7 heteroatoms. The van der Waals surface area contributed by atoms with Crippen LogP contribution in [0.15, 0.2) is 70.8 Å². The van der Waals surface area contributed by atoms with Gasteiger partial charge in [-0.2, -0.15) is 0 Å². The van der Waals surface area contributed by atoms with Crippen molar-refractivity contribution in [3.63, 3.8) is 0 Å². The van der Waals surface area contributed by atoms with E-state index in [-0.39, 0.29) is 12.1 Å². The fraction of sp³-hybridized carbons (Fsp3) is 0.158. The molecule has 5 nitrogen and oxygen atoms in total. The lowest BCUT2D eigenvalue weighted by molar-refractivity contribution is -0.127. The molecule has 2 aromatic carbocycles. The highest BCUT2D eigenvalue weighted by atomic mass is 79.9. The zero-order valence-electron chi connectivity index (χ0n) is 13.9. The number of carbonyl (C=O) groups excluding carboxylic acids is 1. The van der Waals surface area contributed by atoms with E-state index in [2.05, 4.69) is 33.1 Å². The summed E-state index contributed by atoms with van der Waals surface area (Å²) < 4.78 is 0.985. The first-order valence-electron chi connectivity index (χ1n) is 8.20. The van der Waals surface area contributed by atoms with Crippen LogP contribution in [0.5, 0.6) is 0 Å². The molecule has 0 spiro atoms. The minimum absolute atomic E-state index is 0.0690. The molecule has 0 unspecified atom stereocenters.